The molecule has 28 heavy (non-hydrogen) atoms. The summed E-state index contributed by atoms with van der Waals surface area (Å²) in [5.41, 5.74) is 1.93. The van der Waals surface area contributed by atoms with Gasteiger partial charge in [-0.2, -0.15) is 0 Å². The van der Waals surface area contributed by atoms with Gasteiger partial charge in [-0.3, -0.25) is 0 Å². The van der Waals surface area contributed by atoms with Gasteiger partial charge in [0.1, 0.15) is 5.75 Å². The molecule has 0 radical (unpaired) electrons. The van der Waals surface area contributed by atoms with E-state index in [1.54, 1.807) is 12.1 Å². The highest BCUT2D eigenvalue weighted by Crippen LogP contribution is 2.25. The minimum atomic E-state index is 0.207. The number of aromatic nitrogens is 4. The second-order valence-corrected chi connectivity index (χ2v) is 7.23. The van der Waals surface area contributed by atoms with Crippen LogP contribution in [0.4, 0.5) is 0 Å². The average Bonchev–Trinajstić information content (AvgIpc) is 3.35. The highest BCUT2D eigenvalue weighted by Gasteiger charge is 2.12. The van der Waals surface area contributed by atoms with Gasteiger partial charge < -0.3 is 13.6 Å². The van der Waals surface area contributed by atoms with E-state index in [0.717, 1.165) is 16.9 Å². The fourth-order valence-electron chi connectivity index (χ4n) is 2.35. The van der Waals surface area contributed by atoms with Crippen molar-refractivity contribution in [2.45, 2.75) is 24.5 Å². The molecule has 9 heteroatoms. The molecule has 0 N–H and O–H groups in total. The quantitative estimate of drug-likeness (QED) is 0.392. The van der Waals surface area contributed by atoms with Gasteiger partial charge in [-0.1, -0.05) is 35.5 Å². The molecule has 4 aromatic rings. The van der Waals surface area contributed by atoms with Crippen LogP contribution in [0.2, 0.25) is 5.02 Å². The second kappa shape index (κ2) is 8.45. The van der Waals surface area contributed by atoms with Gasteiger partial charge in [0.25, 0.3) is 11.1 Å². The van der Waals surface area contributed by atoms with Gasteiger partial charge in [-0.25, -0.2) is 0 Å². The van der Waals surface area contributed by atoms with Crippen LogP contribution >= 0.6 is 23.4 Å². The van der Waals surface area contributed by atoms with E-state index in [2.05, 4.69) is 20.4 Å². The highest BCUT2D eigenvalue weighted by molar-refractivity contribution is 7.98. The monoisotopic (exact) mass is 414 g/mol. The van der Waals surface area contributed by atoms with Crippen molar-refractivity contribution in [3.8, 4) is 17.2 Å². The first kappa shape index (κ1) is 18.5. The molecule has 0 aliphatic heterocycles. The number of halogens is 1. The Hall–Kier alpha value is -2.84. The Bertz CT molecular complexity index is 1060. The Morgan fingerprint density at radius 2 is 1.79 bits per heavy atom. The van der Waals surface area contributed by atoms with E-state index >= 15 is 0 Å². The lowest BCUT2D eigenvalue weighted by atomic mass is 10.2. The second-order valence-electron chi connectivity index (χ2n) is 5.86. The summed E-state index contributed by atoms with van der Waals surface area (Å²) in [6, 6.07) is 15.0. The number of ether oxygens (including phenoxy) is 1. The predicted octanol–water partition coefficient (Wildman–Crippen LogP) is 4.95. The van der Waals surface area contributed by atoms with Gasteiger partial charge >= 0.3 is 0 Å². The molecular weight excluding hydrogens is 400 g/mol. The summed E-state index contributed by atoms with van der Waals surface area (Å²) in [4.78, 5) is 0. The van der Waals surface area contributed by atoms with Crippen LogP contribution in [0.3, 0.4) is 0 Å². The van der Waals surface area contributed by atoms with Crippen LogP contribution in [-0.4, -0.2) is 20.4 Å². The maximum atomic E-state index is 5.89. The first-order valence-electron chi connectivity index (χ1n) is 8.39. The number of thioether (sulfide) groups is 1. The van der Waals surface area contributed by atoms with E-state index in [0.29, 0.717) is 33.7 Å². The van der Waals surface area contributed by atoms with E-state index in [-0.39, 0.29) is 6.61 Å². The smallest absolute Gasteiger partial charge is 0.277 e. The van der Waals surface area contributed by atoms with Gasteiger partial charge in [-0.15, -0.1) is 20.4 Å². The summed E-state index contributed by atoms with van der Waals surface area (Å²) < 4.78 is 16.9. The van der Waals surface area contributed by atoms with Crippen molar-refractivity contribution in [1.82, 2.24) is 20.4 Å². The summed E-state index contributed by atoms with van der Waals surface area (Å²) in [5, 5.41) is 17.1. The normalized spacial score (nSPS) is 10.9. The first-order chi connectivity index (χ1) is 13.7. The molecule has 0 atom stereocenters. The molecule has 4 rings (SSSR count). The number of rotatable bonds is 7. The zero-order valence-electron chi connectivity index (χ0n) is 14.8. The molecule has 0 saturated heterocycles. The molecule has 142 valence electrons. The zero-order valence-corrected chi connectivity index (χ0v) is 16.4. The van der Waals surface area contributed by atoms with Gasteiger partial charge in [0.2, 0.25) is 11.8 Å². The first-order valence-corrected chi connectivity index (χ1v) is 9.75. The maximum absolute atomic E-state index is 5.89. The third-order valence-corrected chi connectivity index (χ3v) is 4.73. The molecule has 0 amide bonds. The summed E-state index contributed by atoms with van der Waals surface area (Å²) in [6.45, 7) is 2.21. The standard InChI is InChI=1S/C19H15ClN4O3S/c1-12-3-2-4-15(9-12)25-10-16-21-24-19(27-16)28-11-17-22-23-18(26-17)13-5-7-14(20)8-6-13/h2-9H,10-11H2,1H3. The van der Waals surface area contributed by atoms with Gasteiger partial charge in [0, 0.05) is 10.6 Å². The van der Waals surface area contributed by atoms with Gasteiger partial charge in [0.05, 0.1) is 5.75 Å². The third kappa shape index (κ3) is 4.71. The van der Waals surface area contributed by atoms with Crippen LogP contribution in [-0.2, 0) is 12.4 Å². The van der Waals surface area contributed by atoms with E-state index in [9.17, 15) is 0 Å². The van der Waals surface area contributed by atoms with Crippen LogP contribution in [0.25, 0.3) is 11.5 Å². The lowest BCUT2D eigenvalue weighted by molar-refractivity contribution is 0.252. The molecular formula is C19H15ClN4O3S. The van der Waals surface area contributed by atoms with E-state index < -0.39 is 0 Å². The summed E-state index contributed by atoms with van der Waals surface area (Å²) in [7, 11) is 0. The number of hydrogen-bond donors (Lipinski definition) is 0. The SMILES string of the molecule is Cc1cccc(OCc2nnc(SCc3nnc(-c4ccc(Cl)cc4)o3)o2)c1. The fourth-order valence-corrected chi connectivity index (χ4v) is 3.09. The molecule has 0 spiro atoms. The minimum Gasteiger partial charge on any atom is -0.484 e. The lowest BCUT2D eigenvalue weighted by Crippen LogP contribution is -1.95. The van der Waals surface area contributed by atoms with Crippen molar-refractivity contribution in [3.05, 3.63) is 70.9 Å². The average molecular weight is 415 g/mol. The number of hydrogen-bond acceptors (Lipinski definition) is 8. The number of aryl methyl sites for hydroxylation is 1. The fraction of sp³-hybridized carbons (Fsp3) is 0.158. The van der Waals surface area contributed by atoms with E-state index in [1.165, 1.54) is 11.8 Å². The largest absolute Gasteiger partial charge is 0.484 e. The minimum absolute atomic E-state index is 0.207. The molecule has 0 fully saturated rings. The lowest BCUT2D eigenvalue weighted by Gasteiger charge is -2.03. The van der Waals surface area contributed by atoms with Gasteiger partial charge in [-0.05, 0) is 48.9 Å². The topological polar surface area (TPSA) is 87.1 Å². The molecule has 7 nitrogen and oxygen atoms in total. The van der Waals surface area contributed by atoms with Crippen molar-refractivity contribution in [2.24, 2.45) is 0 Å². The Labute approximate surface area is 170 Å². The van der Waals surface area contributed by atoms with Gasteiger partial charge in [0.15, 0.2) is 6.61 Å². The Balaban J connectivity index is 1.31. The van der Waals surface area contributed by atoms with Crippen molar-refractivity contribution in [2.75, 3.05) is 0 Å². The Kier molecular flexibility index (Phi) is 5.59. The number of benzene rings is 2. The molecule has 2 aromatic heterocycles. The molecule has 0 saturated carbocycles. The van der Waals surface area contributed by atoms with E-state index in [4.69, 9.17) is 25.2 Å². The van der Waals surface area contributed by atoms with Crippen molar-refractivity contribution in [3.63, 3.8) is 0 Å². The summed E-state index contributed by atoms with van der Waals surface area (Å²) in [5.74, 6) is 2.47. The van der Waals surface area contributed by atoms with Crippen LogP contribution < -0.4 is 4.74 Å². The number of nitrogens with zero attached hydrogens (tertiary/aromatic N) is 4. The highest BCUT2D eigenvalue weighted by atomic mass is 35.5. The molecule has 2 aromatic carbocycles. The summed E-state index contributed by atoms with van der Waals surface area (Å²) in [6.07, 6.45) is 0. The Morgan fingerprint density at radius 1 is 0.964 bits per heavy atom. The third-order valence-electron chi connectivity index (χ3n) is 3.68. The van der Waals surface area contributed by atoms with Crippen LogP contribution in [0, 0.1) is 6.92 Å². The maximum Gasteiger partial charge on any atom is 0.277 e. The predicted molar refractivity (Wildman–Crippen MR) is 104 cm³/mol. The Morgan fingerprint density at radius 3 is 2.61 bits per heavy atom. The van der Waals surface area contributed by atoms with Crippen LogP contribution in [0.5, 0.6) is 5.75 Å². The zero-order chi connectivity index (χ0) is 19.3. The van der Waals surface area contributed by atoms with Crippen molar-refractivity contribution >= 4 is 23.4 Å². The molecule has 2 heterocycles. The van der Waals surface area contributed by atoms with Crippen molar-refractivity contribution in [1.29, 1.82) is 0 Å². The van der Waals surface area contributed by atoms with E-state index in [1.807, 2.05) is 43.3 Å². The van der Waals surface area contributed by atoms with Crippen molar-refractivity contribution < 1.29 is 13.6 Å². The summed E-state index contributed by atoms with van der Waals surface area (Å²) >= 11 is 7.20. The van der Waals surface area contributed by atoms with Crippen LogP contribution in [0.1, 0.15) is 17.3 Å². The molecule has 0 aliphatic carbocycles. The molecule has 0 bridgehead atoms. The molecule has 0 unspecified atom stereocenters. The van der Waals surface area contributed by atoms with Crippen LogP contribution in [0.15, 0.2) is 62.6 Å². The molecule has 0 aliphatic rings.